The Labute approximate surface area is 159 Å². The van der Waals surface area contributed by atoms with Gasteiger partial charge in [-0.1, -0.05) is 29.4 Å². The third-order valence-corrected chi connectivity index (χ3v) is 5.18. The van der Waals surface area contributed by atoms with E-state index in [0.29, 0.717) is 42.2 Å². The lowest BCUT2D eigenvalue weighted by atomic mass is 10.0. The first kappa shape index (κ1) is 16.7. The summed E-state index contributed by atoms with van der Waals surface area (Å²) >= 11 is 0. The molecule has 5 rings (SSSR count). The summed E-state index contributed by atoms with van der Waals surface area (Å²) in [6.07, 6.45) is 1.37. The second-order valence-electron chi connectivity index (χ2n) is 7.02. The molecule has 2 heterocycles. The number of halogens is 1. The molecule has 1 aliphatic rings. The molecule has 1 saturated carbocycles. The molecule has 0 atom stereocenters. The zero-order valence-corrected chi connectivity index (χ0v) is 14.9. The van der Waals surface area contributed by atoms with Gasteiger partial charge in [0.25, 0.3) is 0 Å². The van der Waals surface area contributed by atoms with Crippen LogP contribution in [-0.2, 0) is 16.8 Å². The predicted octanol–water partition coefficient (Wildman–Crippen LogP) is 3.71. The fourth-order valence-electron chi connectivity index (χ4n) is 3.44. The number of H-pyrrole nitrogens is 1. The monoisotopic (exact) mass is 376 g/mol. The first-order valence-corrected chi connectivity index (χ1v) is 9.10. The topological polar surface area (TPSA) is 83.8 Å². The zero-order chi connectivity index (χ0) is 19.1. The predicted molar refractivity (Wildman–Crippen MR) is 101 cm³/mol. The Morgan fingerprint density at radius 3 is 2.75 bits per heavy atom. The van der Waals surface area contributed by atoms with Crippen molar-refractivity contribution in [2.45, 2.75) is 24.8 Å². The summed E-state index contributed by atoms with van der Waals surface area (Å²) in [7, 11) is 0. The van der Waals surface area contributed by atoms with E-state index in [-0.39, 0.29) is 11.7 Å². The van der Waals surface area contributed by atoms with Crippen LogP contribution in [0, 0.1) is 5.82 Å². The van der Waals surface area contributed by atoms with E-state index in [9.17, 15) is 9.18 Å². The van der Waals surface area contributed by atoms with Crippen molar-refractivity contribution in [2.24, 2.45) is 0 Å². The first-order chi connectivity index (χ1) is 13.7. The van der Waals surface area contributed by atoms with Gasteiger partial charge in [0.15, 0.2) is 5.76 Å². The summed E-state index contributed by atoms with van der Waals surface area (Å²) < 4.78 is 19.3. The quantitative estimate of drug-likeness (QED) is 0.556. The largest absolute Gasteiger partial charge is 0.356 e. The Morgan fingerprint density at radius 1 is 1.18 bits per heavy atom. The van der Waals surface area contributed by atoms with Gasteiger partial charge >= 0.3 is 0 Å². The Kier molecular flexibility index (Phi) is 3.75. The molecule has 140 valence electrons. The molecule has 7 heteroatoms. The van der Waals surface area contributed by atoms with Gasteiger partial charge in [-0.05, 0) is 37.1 Å². The average molecular weight is 376 g/mol. The van der Waals surface area contributed by atoms with Gasteiger partial charge in [0.1, 0.15) is 11.6 Å². The molecule has 1 aliphatic carbocycles. The Bertz CT molecular complexity index is 1140. The molecule has 0 aliphatic heterocycles. The highest BCUT2D eigenvalue weighted by Gasteiger charge is 2.53. The molecule has 0 unspecified atom stereocenters. The molecule has 0 saturated heterocycles. The van der Waals surface area contributed by atoms with Gasteiger partial charge < -0.3 is 14.8 Å². The van der Waals surface area contributed by atoms with E-state index in [4.69, 9.17) is 4.52 Å². The normalized spacial score (nSPS) is 14.9. The van der Waals surface area contributed by atoms with Gasteiger partial charge in [0.2, 0.25) is 5.91 Å². The molecule has 0 radical (unpaired) electrons. The number of carbonyl (C=O) groups is 1. The first-order valence-electron chi connectivity index (χ1n) is 9.10. The number of hydrogen-bond donors (Lipinski definition) is 2. The van der Waals surface area contributed by atoms with E-state index in [0.717, 1.165) is 11.0 Å². The van der Waals surface area contributed by atoms with Gasteiger partial charge in [-0.2, -0.15) is 0 Å². The smallest absolute Gasteiger partial charge is 0.232 e. The lowest BCUT2D eigenvalue weighted by molar-refractivity contribution is -0.123. The summed E-state index contributed by atoms with van der Waals surface area (Å²) in [4.78, 5) is 20.5. The molecule has 2 aromatic carbocycles. The van der Waals surface area contributed by atoms with Crippen LogP contribution >= 0.6 is 0 Å². The number of aromatic nitrogens is 3. The van der Waals surface area contributed by atoms with E-state index < -0.39 is 5.41 Å². The molecule has 2 N–H and O–H groups in total. The van der Waals surface area contributed by atoms with Crippen LogP contribution in [0.25, 0.3) is 22.4 Å². The molecule has 1 fully saturated rings. The highest BCUT2D eigenvalue weighted by Crippen LogP contribution is 2.48. The van der Waals surface area contributed by atoms with Gasteiger partial charge in [-0.15, -0.1) is 0 Å². The van der Waals surface area contributed by atoms with Crippen LogP contribution in [0.1, 0.15) is 24.4 Å². The molecule has 28 heavy (non-hydrogen) atoms. The molecule has 4 aromatic rings. The van der Waals surface area contributed by atoms with Crippen LogP contribution in [0.3, 0.4) is 0 Å². The fraction of sp³-hybridized carbons (Fsp3) is 0.190. The maximum Gasteiger partial charge on any atom is 0.232 e. The minimum absolute atomic E-state index is 0.124. The second-order valence-corrected chi connectivity index (χ2v) is 7.02. The van der Waals surface area contributed by atoms with Crippen molar-refractivity contribution < 1.29 is 13.7 Å². The summed E-state index contributed by atoms with van der Waals surface area (Å²) in [6.45, 7) is 0.299. The standard InChI is InChI=1S/C21H17FN4O2/c22-14-6-2-1-5-13(14)17-11-18(26-28-17)21(9-10-21)20(27)23-12-19-24-15-7-3-4-8-16(15)25-19/h1-8,11H,9-10,12H2,(H,23,27)(H,24,25). The SMILES string of the molecule is O=C(NCc1nc2ccccc2[nH]1)C1(c2cc(-c3ccccc3F)on2)CC1. The molecule has 0 bridgehead atoms. The van der Waals surface area contributed by atoms with E-state index in [1.54, 1.807) is 24.3 Å². The molecular formula is C21H17FN4O2. The van der Waals surface area contributed by atoms with E-state index in [1.807, 2.05) is 24.3 Å². The fourth-order valence-corrected chi connectivity index (χ4v) is 3.44. The third kappa shape index (κ3) is 2.76. The maximum atomic E-state index is 14.0. The number of para-hydroxylation sites is 2. The molecule has 1 amide bonds. The van der Waals surface area contributed by atoms with Crippen molar-refractivity contribution in [3.05, 3.63) is 71.9 Å². The molecular weight excluding hydrogens is 359 g/mol. The van der Waals surface area contributed by atoms with Crippen LogP contribution in [0.15, 0.2) is 59.1 Å². The van der Waals surface area contributed by atoms with Crippen LogP contribution in [0.4, 0.5) is 4.39 Å². The third-order valence-electron chi connectivity index (χ3n) is 5.18. The minimum atomic E-state index is -0.709. The van der Waals surface area contributed by atoms with Crippen molar-refractivity contribution in [1.29, 1.82) is 0 Å². The lowest BCUT2D eigenvalue weighted by Crippen LogP contribution is -2.34. The highest BCUT2D eigenvalue weighted by atomic mass is 19.1. The second kappa shape index (κ2) is 6.30. The number of carbonyl (C=O) groups excluding carboxylic acids is 1. The summed E-state index contributed by atoms with van der Waals surface area (Å²) in [5.41, 5.74) is 1.95. The zero-order valence-electron chi connectivity index (χ0n) is 14.9. The number of rotatable bonds is 5. The minimum Gasteiger partial charge on any atom is -0.356 e. The number of hydrogen-bond acceptors (Lipinski definition) is 4. The van der Waals surface area contributed by atoms with Gasteiger partial charge in [-0.3, -0.25) is 4.79 Å². The van der Waals surface area contributed by atoms with Crippen molar-refractivity contribution in [3.8, 4) is 11.3 Å². The van der Waals surface area contributed by atoms with Crippen LogP contribution < -0.4 is 5.32 Å². The molecule has 2 aromatic heterocycles. The highest BCUT2D eigenvalue weighted by molar-refractivity contribution is 5.91. The Morgan fingerprint density at radius 2 is 1.96 bits per heavy atom. The van der Waals surface area contributed by atoms with E-state index in [2.05, 4.69) is 20.4 Å². The Hall–Kier alpha value is -3.48. The van der Waals surface area contributed by atoms with Crippen molar-refractivity contribution >= 4 is 16.9 Å². The summed E-state index contributed by atoms with van der Waals surface area (Å²) in [6, 6.07) is 15.7. The van der Waals surface area contributed by atoms with Gasteiger partial charge in [0.05, 0.1) is 34.3 Å². The summed E-state index contributed by atoms with van der Waals surface area (Å²) in [5.74, 6) is 0.507. The van der Waals surface area contributed by atoms with Gasteiger partial charge in [0, 0.05) is 6.07 Å². The van der Waals surface area contributed by atoms with Gasteiger partial charge in [-0.25, -0.2) is 9.37 Å². The number of amides is 1. The van der Waals surface area contributed by atoms with Crippen molar-refractivity contribution in [3.63, 3.8) is 0 Å². The van der Waals surface area contributed by atoms with Crippen LogP contribution in [-0.4, -0.2) is 21.0 Å². The van der Waals surface area contributed by atoms with Crippen LogP contribution in [0.5, 0.6) is 0 Å². The number of nitrogens with zero attached hydrogens (tertiary/aromatic N) is 2. The van der Waals surface area contributed by atoms with Crippen molar-refractivity contribution in [2.75, 3.05) is 0 Å². The molecule has 0 spiro atoms. The van der Waals surface area contributed by atoms with Crippen molar-refractivity contribution in [1.82, 2.24) is 20.4 Å². The number of fused-ring (bicyclic) bond motifs is 1. The Balaban J connectivity index is 1.33. The number of benzene rings is 2. The maximum absolute atomic E-state index is 14.0. The summed E-state index contributed by atoms with van der Waals surface area (Å²) in [5, 5.41) is 6.99. The lowest BCUT2D eigenvalue weighted by Gasteiger charge is -2.11. The van der Waals surface area contributed by atoms with Crippen LogP contribution in [0.2, 0.25) is 0 Å². The average Bonchev–Trinajstić information content (AvgIpc) is 3.19. The van der Waals surface area contributed by atoms with E-state index in [1.165, 1.54) is 6.07 Å². The number of aromatic amines is 1. The number of imidazole rings is 1. The van der Waals surface area contributed by atoms with E-state index >= 15 is 0 Å². The molecule has 6 nitrogen and oxygen atoms in total. The number of nitrogens with one attached hydrogen (secondary N) is 2.